The number of rotatable bonds is 3. The first-order chi connectivity index (χ1) is 7.14. The van der Waals surface area contributed by atoms with E-state index in [2.05, 4.69) is 32.6 Å². The zero-order chi connectivity index (χ0) is 10.9. The van der Waals surface area contributed by atoms with Gasteiger partial charge in [-0.3, -0.25) is 0 Å². The van der Waals surface area contributed by atoms with Crippen LogP contribution in [-0.2, 0) is 4.74 Å². The molecule has 2 aliphatic carbocycles. The van der Waals surface area contributed by atoms with Gasteiger partial charge in [-0.15, -0.1) is 11.8 Å². The van der Waals surface area contributed by atoms with Crippen LogP contribution >= 0.6 is 0 Å². The van der Waals surface area contributed by atoms with Gasteiger partial charge < -0.3 is 4.74 Å². The molecule has 0 spiro atoms. The SMILES string of the molecule is CC(C)OC[C@@H]1[C@@H]2CCC#CCC[C@]12C. The molecule has 2 rings (SSSR count). The zero-order valence-corrected chi connectivity index (χ0v) is 10.2. The lowest BCUT2D eigenvalue weighted by atomic mass is 9.95. The number of hydrogen-bond acceptors (Lipinski definition) is 1. The quantitative estimate of drug-likeness (QED) is 0.644. The van der Waals surface area contributed by atoms with Crippen molar-refractivity contribution in [3.8, 4) is 11.8 Å². The predicted octanol–water partition coefficient (Wildman–Crippen LogP) is 3.24. The van der Waals surface area contributed by atoms with Crippen LogP contribution in [0.2, 0.25) is 0 Å². The molecular weight excluding hydrogens is 184 g/mol. The minimum atomic E-state index is 0.372. The summed E-state index contributed by atoms with van der Waals surface area (Å²) in [6.07, 6.45) is 5.12. The maximum atomic E-state index is 5.76. The van der Waals surface area contributed by atoms with Gasteiger partial charge in [0.2, 0.25) is 0 Å². The third-order valence-corrected chi connectivity index (χ3v) is 4.17. The van der Waals surface area contributed by atoms with E-state index in [0.717, 1.165) is 31.3 Å². The Balaban J connectivity index is 1.89. The van der Waals surface area contributed by atoms with E-state index in [9.17, 15) is 0 Å². The van der Waals surface area contributed by atoms with E-state index in [1.807, 2.05) is 0 Å². The molecule has 2 aliphatic rings. The van der Waals surface area contributed by atoms with Crippen LogP contribution in [-0.4, -0.2) is 12.7 Å². The summed E-state index contributed by atoms with van der Waals surface area (Å²) >= 11 is 0. The van der Waals surface area contributed by atoms with Crippen LogP contribution in [0, 0.1) is 29.1 Å². The van der Waals surface area contributed by atoms with Gasteiger partial charge in [-0.1, -0.05) is 6.92 Å². The normalized spacial score (nSPS) is 38.7. The van der Waals surface area contributed by atoms with Crippen LogP contribution in [0.3, 0.4) is 0 Å². The highest BCUT2D eigenvalue weighted by Crippen LogP contribution is 2.63. The summed E-state index contributed by atoms with van der Waals surface area (Å²) in [5, 5.41) is 0. The van der Waals surface area contributed by atoms with Crippen molar-refractivity contribution in [2.45, 2.75) is 52.6 Å². The Morgan fingerprint density at radius 1 is 1.33 bits per heavy atom. The van der Waals surface area contributed by atoms with E-state index in [1.54, 1.807) is 0 Å². The fourth-order valence-corrected chi connectivity index (χ4v) is 3.00. The molecule has 1 fully saturated rings. The molecule has 15 heavy (non-hydrogen) atoms. The van der Waals surface area contributed by atoms with Gasteiger partial charge in [0.1, 0.15) is 0 Å². The molecule has 0 amide bonds. The summed E-state index contributed by atoms with van der Waals surface area (Å²) in [7, 11) is 0. The van der Waals surface area contributed by atoms with Gasteiger partial charge in [0.25, 0.3) is 0 Å². The standard InChI is InChI=1S/C14H22O/c1-11(2)15-10-13-12-8-6-4-5-7-9-14(12,13)3/h11-13H,6-10H2,1-3H3/t12-,13+,14-/m0/s1. The first kappa shape index (κ1) is 11.0. The highest BCUT2D eigenvalue weighted by molar-refractivity contribution is 5.13. The maximum absolute atomic E-state index is 5.76. The van der Waals surface area contributed by atoms with Crippen molar-refractivity contribution < 1.29 is 4.74 Å². The molecule has 1 saturated carbocycles. The fourth-order valence-electron chi connectivity index (χ4n) is 3.00. The molecular formula is C14H22O. The Hall–Kier alpha value is -0.480. The molecule has 0 aromatic rings. The molecule has 0 aromatic carbocycles. The van der Waals surface area contributed by atoms with Crippen molar-refractivity contribution in [1.29, 1.82) is 0 Å². The molecule has 0 unspecified atom stereocenters. The molecule has 1 heteroatoms. The molecule has 0 bridgehead atoms. The minimum Gasteiger partial charge on any atom is -0.378 e. The molecule has 0 N–H and O–H groups in total. The van der Waals surface area contributed by atoms with E-state index in [1.165, 1.54) is 12.8 Å². The van der Waals surface area contributed by atoms with Crippen molar-refractivity contribution in [3.63, 3.8) is 0 Å². The van der Waals surface area contributed by atoms with Crippen LogP contribution in [0.5, 0.6) is 0 Å². The van der Waals surface area contributed by atoms with E-state index in [4.69, 9.17) is 4.74 Å². The van der Waals surface area contributed by atoms with Gasteiger partial charge >= 0.3 is 0 Å². The molecule has 0 aromatic heterocycles. The largest absolute Gasteiger partial charge is 0.378 e. The number of hydrogen-bond donors (Lipinski definition) is 0. The van der Waals surface area contributed by atoms with Gasteiger partial charge in [0.15, 0.2) is 0 Å². The zero-order valence-electron chi connectivity index (χ0n) is 10.2. The monoisotopic (exact) mass is 206 g/mol. The van der Waals surface area contributed by atoms with Crippen LogP contribution in [0.15, 0.2) is 0 Å². The highest BCUT2D eigenvalue weighted by atomic mass is 16.5. The summed E-state index contributed by atoms with van der Waals surface area (Å²) < 4.78 is 5.76. The number of ether oxygens (including phenoxy) is 1. The van der Waals surface area contributed by atoms with Crippen LogP contribution in [0.4, 0.5) is 0 Å². The average Bonchev–Trinajstić information content (AvgIpc) is 2.67. The summed E-state index contributed by atoms with van der Waals surface area (Å²) in [5.74, 6) is 8.19. The molecule has 0 saturated heterocycles. The summed E-state index contributed by atoms with van der Waals surface area (Å²) in [6, 6.07) is 0. The van der Waals surface area contributed by atoms with Gasteiger partial charge in [-0.2, -0.15) is 0 Å². The Kier molecular flexibility index (Phi) is 3.07. The van der Waals surface area contributed by atoms with Gasteiger partial charge in [-0.05, 0) is 43.9 Å². The lowest BCUT2D eigenvalue weighted by Crippen LogP contribution is -2.09. The Morgan fingerprint density at radius 2 is 2.07 bits per heavy atom. The molecule has 0 aliphatic heterocycles. The van der Waals surface area contributed by atoms with Crippen LogP contribution in [0.25, 0.3) is 0 Å². The van der Waals surface area contributed by atoms with Crippen molar-refractivity contribution >= 4 is 0 Å². The smallest absolute Gasteiger partial charge is 0.0519 e. The lowest BCUT2D eigenvalue weighted by molar-refractivity contribution is 0.0621. The topological polar surface area (TPSA) is 9.23 Å². The van der Waals surface area contributed by atoms with Crippen molar-refractivity contribution in [2.75, 3.05) is 6.61 Å². The molecule has 0 heterocycles. The van der Waals surface area contributed by atoms with Gasteiger partial charge in [0, 0.05) is 12.8 Å². The first-order valence-electron chi connectivity index (χ1n) is 6.22. The highest BCUT2D eigenvalue weighted by Gasteiger charge is 2.59. The molecule has 3 atom stereocenters. The summed E-state index contributed by atoms with van der Waals surface area (Å²) in [5.41, 5.74) is 0.546. The van der Waals surface area contributed by atoms with Gasteiger partial charge in [-0.25, -0.2) is 0 Å². The van der Waals surface area contributed by atoms with E-state index in [0.29, 0.717) is 11.5 Å². The lowest BCUT2D eigenvalue weighted by Gasteiger charge is -2.11. The van der Waals surface area contributed by atoms with Crippen molar-refractivity contribution in [2.24, 2.45) is 17.3 Å². The minimum absolute atomic E-state index is 0.372. The van der Waals surface area contributed by atoms with Crippen molar-refractivity contribution in [1.82, 2.24) is 0 Å². The van der Waals surface area contributed by atoms with E-state index in [-0.39, 0.29) is 0 Å². The first-order valence-corrected chi connectivity index (χ1v) is 6.22. The van der Waals surface area contributed by atoms with E-state index >= 15 is 0 Å². The Labute approximate surface area is 93.6 Å². The third-order valence-electron chi connectivity index (χ3n) is 4.17. The molecule has 0 radical (unpaired) electrons. The van der Waals surface area contributed by atoms with Gasteiger partial charge in [0.05, 0.1) is 12.7 Å². The summed E-state index contributed by atoms with van der Waals surface area (Å²) in [6.45, 7) is 7.63. The summed E-state index contributed by atoms with van der Waals surface area (Å²) in [4.78, 5) is 0. The number of fused-ring (bicyclic) bond motifs is 1. The Morgan fingerprint density at radius 3 is 2.80 bits per heavy atom. The van der Waals surface area contributed by atoms with E-state index < -0.39 is 0 Å². The third kappa shape index (κ3) is 2.21. The van der Waals surface area contributed by atoms with Crippen LogP contribution < -0.4 is 0 Å². The second-order valence-corrected chi connectivity index (χ2v) is 5.49. The predicted molar refractivity (Wildman–Crippen MR) is 62.4 cm³/mol. The fraction of sp³-hybridized carbons (Fsp3) is 0.857. The maximum Gasteiger partial charge on any atom is 0.0519 e. The second-order valence-electron chi connectivity index (χ2n) is 5.49. The Bertz CT molecular complexity index is 283. The van der Waals surface area contributed by atoms with Crippen molar-refractivity contribution in [3.05, 3.63) is 0 Å². The molecule has 1 nitrogen and oxygen atoms in total. The average molecular weight is 206 g/mol. The second kappa shape index (κ2) is 4.18. The molecule has 84 valence electrons. The van der Waals surface area contributed by atoms with Crippen LogP contribution in [0.1, 0.15) is 46.5 Å².